The van der Waals surface area contributed by atoms with Crippen LogP contribution in [0.2, 0.25) is 0 Å². The summed E-state index contributed by atoms with van der Waals surface area (Å²) in [5, 5.41) is 2.71. The van der Waals surface area contributed by atoms with Crippen LogP contribution >= 0.6 is 0 Å². The fourth-order valence-corrected chi connectivity index (χ4v) is 0.811. The van der Waals surface area contributed by atoms with Crippen molar-refractivity contribution in [1.29, 1.82) is 0 Å². The van der Waals surface area contributed by atoms with Crippen LogP contribution in [-0.4, -0.2) is 23.6 Å². The zero-order valence-electron chi connectivity index (χ0n) is 8.57. The highest BCUT2D eigenvalue weighted by atomic mass is 16.5. The smallest absolute Gasteiger partial charge is 0.256 e. The molecule has 0 aromatic carbocycles. The van der Waals surface area contributed by atoms with Crippen molar-refractivity contribution in [2.75, 3.05) is 12.4 Å². The van der Waals surface area contributed by atoms with Crippen LogP contribution in [0, 0.1) is 0 Å². The van der Waals surface area contributed by atoms with E-state index in [0.29, 0.717) is 5.69 Å². The zero-order chi connectivity index (χ0) is 10.6. The van der Waals surface area contributed by atoms with E-state index in [9.17, 15) is 4.79 Å². The third kappa shape index (κ3) is 2.53. The molecule has 0 bridgehead atoms. The lowest BCUT2D eigenvalue weighted by Crippen LogP contribution is -2.38. The van der Waals surface area contributed by atoms with Crippen molar-refractivity contribution in [1.82, 2.24) is 4.98 Å². The topological polar surface area (TPSA) is 51.2 Å². The van der Waals surface area contributed by atoms with Crippen LogP contribution in [0.5, 0.6) is 0 Å². The highest BCUT2D eigenvalue weighted by Gasteiger charge is 2.26. The van der Waals surface area contributed by atoms with Crippen molar-refractivity contribution >= 4 is 11.6 Å². The second-order valence-corrected chi connectivity index (χ2v) is 3.41. The second-order valence-electron chi connectivity index (χ2n) is 3.41. The van der Waals surface area contributed by atoms with Gasteiger partial charge in [0.25, 0.3) is 5.91 Å². The van der Waals surface area contributed by atoms with E-state index in [-0.39, 0.29) is 5.91 Å². The minimum Gasteiger partial charge on any atom is -0.369 e. The monoisotopic (exact) mass is 194 g/mol. The molecule has 1 heterocycles. The number of hydrogen-bond donors (Lipinski definition) is 1. The Kier molecular flexibility index (Phi) is 3.19. The van der Waals surface area contributed by atoms with Crippen molar-refractivity contribution in [2.24, 2.45) is 0 Å². The van der Waals surface area contributed by atoms with Crippen LogP contribution in [0.3, 0.4) is 0 Å². The third-order valence-electron chi connectivity index (χ3n) is 1.98. The van der Waals surface area contributed by atoms with Gasteiger partial charge in [-0.05, 0) is 26.0 Å². The summed E-state index contributed by atoms with van der Waals surface area (Å²) in [7, 11) is 1.50. The van der Waals surface area contributed by atoms with Gasteiger partial charge in [0.05, 0.1) is 11.9 Å². The molecular weight excluding hydrogens is 180 g/mol. The first-order valence-electron chi connectivity index (χ1n) is 4.33. The molecule has 0 saturated heterocycles. The largest absolute Gasteiger partial charge is 0.369 e. The SMILES string of the molecule is COC(C)(C)C(=O)Nc1cccnc1. The van der Waals surface area contributed by atoms with Gasteiger partial charge >= 0.3 is 0 Å². The first kappa shape index (κ1) is 10.7. The number of rotatable bonds is 3. The number of methoxy groups -OCH3 is 1. The number of nitrogens with zero attached hydrogens (tertiary/aromatic N) is 1. The number of amides is 1. The standard InChI is InChI=1S/C10H14N2O2/c1-10(2,14-3)9(13)12-8-5-4-6-11-7-8/h4-7H,1-3H3,(H,12,13). The molecular formula is C10H14N2O2. The van der Waals surface area contributed by atoms with Crippen molar-refractivity contribution in [2.45, 2.75) is 19.4 Å². The highest BCUT2D eigenvalue weighted by molar-refractivity contribution is 5.96. The number of carbonyl (C=O) groups is 1. The molecule has 0 aliphatic heterocycles. The summed E-state index contributed by atoms with van der Waals surface area (Å²) in [5.74, 6) is -0.187. The number of pyridine rings is 1. The summed E-state index contributed by atoms with van der Waals surface area (Å²) in [6, 6.07) is 3.53. The van der Waals surface area contributed by atoms with Crippen LogP contribution in [0.25, 0.3) is 0 Å². The lowest BCUT2D eigenvalue weighted by Gasteiger charge is -2.21. The van der Waals surface area contributed by atoms with Crippen LogP contribution in [0.4, 0.5) is 5.69 Å². The van der Waals surface area contributed by atoms with Crippen molar-refractivity contribution < 1.29 is 9.53 Å². The van der Waals surface area contributed by atoms with E-state index in [1.165, 1.54) is 7.11 Å². The maximum absolute atomic E-state index is 11.6. The summed E-state index contributed by atoms with van der Waals surface area (Å²) in [5.41, 5.74) is -0.154. The molecule has 0 saturated carbocycles. The average Bonchev–Trinajstić information content (AvgIpc) is 2.19. The Hall–Kier alpha value is -1.42. The van der Waals surface area contributed by atoms with Gasteiger partial charge in [-0.15, -0.1) is 0 Å². The normalized spacial score (nSPS) is 11.1. The van der Waals surface area contributed by atoms with Crippen LogP contribution < -0.4 is 5.32 Å². The first-order chi connectivity index (χ1) is 6.56. The Labute approximate surface area is 83.3 Å². The molecule has 0 spiro atoms. The van der Waals surface area contributed by atoms with E-state index >= 15 is 0 Å². The maximum atomic E-state index is 11.6. The van der Waals surface area contributed by atoms with Gasteiger partial charge in [-0.2, -0.15) is 0 Å². The number of aromatic nitrogens is 1. The minimum atomic E-state index is -0.824. The molecule has 0 radical (unpaired) electrons. The molecule has 1 aromatic heterocycles. The number of carbonyl (C=O) groups excluding carboxylic acids is 1. The molecule has 0 atom stereocenters. The number of anilines is 1. The van der Waals surface area contributed by atoms with Gasteiger partial charge in [0.15, 0.2) is 0 Å². The maximum Gasteiger partial charge on any atom is 0.256 e. The van der Waals surface area contributed by atoms with Crippen molar-refractivity contribution in [3.63, 3.8) is 0 Å². The molecule has 1 N–H and O–H groups in total. The van der Waals surface area contributed by atoms with E-state index < -0.39 is 5.60 Å². The minimum absolute atomic E-state index is 0.187. The molecule has 0 unspecified atom stereocenters. The Morgan fingerprint density at radius 2 is 2.29 bits per heavy atom. The lowest BCUT2D eigenvalue weighted by atomic mass is 10.1. The van der Waals surface area contributed by atoms with E-state index in [0.717, 1.165) is 0 Å². The third-order valence-corrected chi connectivity index (χ3v) is 1.98. The van der Waals surface area contributed by atoms with Crippen molar-refractivity contribution in [3.8, 4) is 0 Å². The predicted octanol–water partition coefficient (Wildman–Crippen LogP) is 1.45. The average molecular weight is 194 g/mol. The van der Waals surface area contributed by atoms with Gasteiger partial charge in [0, 0.05) is 13.3 Å². The van der Waals surface area contributed by atoms with Gasteiger partial charge < -0.3 is 10.1 Å². The Morgan fingerprint density at radius 3 is 2.79 bits per heavy atom. The van der Waals surface area contributed by atoms with E-state index in [2.05, 4.69) is 10.3 Å². The predicted molar refractivity (Wildman–Crippen MR) is 54.0 cm³/mol. The van der Waals surface area contributed by atoms with E-state index in [1.54, 1.807) is 38.4 Å². The number of ether oxygens (including phenoxy) is 1. The molecule has 0 aliphatic carbocycles. The fraction of sp³-hybridized carbons (Fsp3) is 0.400. The van der Waals surface area contributed by atoms with Gasteiger partial charge in [0.2, 0.25) is 0 Å². The molecule has 0 fully saturated rings. The molecule has 1 rings (SSSR count). The molecule has 0 aliphatic rings. The summed E-state index contributed by atoms with van der Waals surface area (Å²) in [6.07, 6.45) is 3.24. The second kappa shape index (κ2) is 4.19. The Balaban J connectivity index is 2.67. The van der Waals surface area contributed by atoms with Gasteiger partial charge in [-0.3, -0.25) is 9.78 Å². The molecule has 4 nitrogen and oxygen atoms in total. The van der Waals surface area contributed by atoms with Gasteiger partial charge in [-0.1, -0.05) is 0 Å². The lowest BCUT2D eigenvalue weighted by molar-refractivity contribution is -0.133. The molecule has 14 heavy (non-hydrogen) atoms. The van der Waals surface area contributed by atoms with E-state index in [4.69, 9.17) is 4.74 Å². The summed E-state index contributed by atoms with van der Waals surface area (Å²) in [6.45, 7) is 3.41. The zero-order valence-corrected chi connectivity index (χ0v) is 8.57. The van der Waals surface area contributed by atoms with E-state index in [1.807, 2.05) is 0 Å². The van der Waals surface area contributed by atoms with Crippen LogP contribution in [0.15, 0.2) is 24.5 Å². The van der Waals surface area contributed by atoms with Crippen LogP contribution in [-0.2, 0) is 9.53 Å². The van der Waals surface area contributed by atoms with Crippen molar-refractivity contribution in [3.05, 3.63) is 24.5 Å². The first-order valence-corrected chi connectivity index (χ1v) is 4.33. The number of hydrogen-bond acceptors (Lipinski definition) is 3. The van der Waals surface area contributed by atoms with Gasteiger partial charge in [0.1, 0.15) is 5.60 Å². The number of nitrogens with one attached hydrogen (secondary N) is 1. The van der Waals surface area contributed by atoms with Crippen LogP contribution in [0.1, 0.15) is 13.8 Å². The Bertz CT molecular complexity index is 309. The highest BCUT2D eigenvalue weighted by Crippen LogP contribution is 2.11. The quantitative estimate of drug-likeness (QED) is 0.792. The molecule has 1 aromatic rings. The summed E-state index contributed by atoms with van der Waals surface area (Å²) >= 11 is 0. The fourth-order valence-electron chi connectivity index (χ4n) is 0.811. The van der Waals surface area contributed by atoms with Gasteiger partial charge in [-0.25, -0.2) is 0 Å². The molecule has 76 valence electrons. The Morgan fingerprint density at radius 1 is 1.57 bits per heavy atom. The molecule has 4 heteroatoms. The molecule has 1 amide bonds. The summed E-state index contributed by atoms with van der Waals surface area (Å²) < 4.78 is 5.04. The summed E-state index contributed by atoms with van der Waals surface area (Å²) in [4.78, 5) is 15.5.